The molecule has 0 amide bonds. The lowest BCUT2D eigenvalue weighted by Gasteiger charge is -2.02. The predicted molar refractivity (Wildman–Crippen MR) is 60.2 cm³/mol. The standard InChI is InChI=1S/C9H14BrNOS/c1-2-11-3-4-12-6-9-5-8(10)7-13-9/h5,7,11H,2-4,6H2,1H3. The zero-order valence-corrected chi connectivity index (χ0v) is 10.1. The maximum Gasteiger partial charge on any atom is 0.0810 e. The van der Waals surface area contributed by atoms with Crippen LogP contribution in [0.25, 0.3) is 0 Å². The van der Waals surface area contributed by atoms with Crippen LogP contribution < -0.4 is 5.32 Å². The highest BCUT2D eigenvalue weighted by Gasteiger charge is 1.96. The van der Waals surface area contributed by atoms with Crippen LogP contribution in [0.1, 0.15) is 11.8 Å². The van der Waals surface area contributed by atoms with E-state index >= 15 is 0 Å². The summed E-state index contributed by atoms with van der Waals surface area (Å²) in [6.45, 7) is 5.54. The van der Waals surface area contributed by atoms with Gasteiger partial charge in [-0.05, 0) is 28.5 Å². The van der Waals surface area contributed by atoms with Crippen molar-refractivity contribution in [2.45, 2.75) is 13.5 Å². The topological polar surface area (TPSA) is 21.3 Å². The van der Waals surface area contributed by atoms with Crippen molar-refractivity contribution in [1.82, 2.24) is 5.32 Å². The van der Waals surface area contributed by atoms with E-state index in [2.05, 4.69) is 39.6 Å². The summed E-state index contributed by atoms with van der Waals surface area (Å²) < 4.78 is 6.60. The van der Waals surface area contributed by atoms with Crippen LogP contribution in [0.3, 0.4) is 0 Å². The molecule has 1 aromatic rings. The highest BCUT2D eigenvalue weighted by Crippen LogP contribution is 2.20. The van der Waals surface area contributed by atoms with Gasteiger partial charge in [-0.3, -0.25) is 0 Å². The normalized spacial score (nSPS) is 10.6. The largest absolute Gasteiger partial charge is 0.375 e. The second kappa shape index (κ2) is 6.54. The number of ether oxygens (including phenoxy) is 1. The van der Waals surface area contributed by atoms with Crippen LogP contribution in [0.5, 0.6) is 0 Å². The summed E-state index contributed by atoms with van der Waals surface area (Å²) in [6.07, 6.45) is 0. The van der Waals surface area contributed by atoms with E-state index in [1.54, 1.807) is 11.3 Å². The van der Waals surface area contributed by atoms with Crippen LogP contribution >= 0.6 is 27.3 Å². The van der Waals surface area contributed by atoms with E-state index in [1.807, 2.05) is 0 Å². The Kier molecular flexibility index (Phi) is 5.62. The maximum atomic E-state index is 5.46. The van der Waals surface area contributed by atoms with Gasteiger partial charge in [0, 0.05) is 21.3 Å². The molecular weight excluding hydrogens is 250 g/mol. The van der Waals surface area contributed by atoms with Gasteiger partial charge in [0.05, 0.1) is 13.2 Å². The fourth-order valence-corrected chi connectivity index (χ4v) is 2.31. The van der Waals surface area contributed by atoms with Gasteiger partial charge in [-0.15, -0.1) is 11.3 Å². The van der Waals surface area contributed by atoms with Gasteiger partial charge in [0.2, 0.25) is 0 Å². The Morgan fingerprint density at radius 1 is 1.62 bits per heavy atom. The number of likely N-dealkylation sites (N-methyl/N-ethyl adjacent to an activating group) is 1. The van der Waals surface area contributed by atoms with Crippen molar-refractivity contribution >= 4 is 27.3 Å². The maximum absolute atomic E-state index is 5.46. The first-order chi connectivity index (χ1) is 6.33. The van der Waals surface area contributed by atoms with Gasteiger partial charge >= 0.3 is 0 Å². The number of nitrogens with one attached hydrogen (secondary N) is 1. The molecule has 74 valence electrons. The van der Waals surface area contributed by atoms with E-state index in [9.17, 15) is 0 Å². The first-order valence-electron chi connectivity index (χ1n) is 4.34. The van der Waals surface area contributed by atoms with E-state index in [-0.39, 0.29) is 0 Å². The van der Waals surface area contributed by atoms with Crippen LogP contribution in [-0.2, 0) is 11.3 Å². The Labute approximate surface area is 91.4 Å². The third kappa shape index (κ3) is 4.76. The fraction of sp³-hybridized carbons (Fsp3) is 0.556. The van der Waals surface area contributed by atoms with Crippen molar-refractivity contribution in [2.24, 2.45) is 0 Å². The molecule has 0 aliphatic heterocycles. The molecule has 0 unspecified atom stereocenters. The third-order valence-electron chi connectivity index (χ3n) is 1.54. The lowest BCUT2D eigenvalue weighted by Crippen LogP contribution is -2.18. The minimum absolute atomic E-state index is 0.724. The van der Waals surface area contributed by atoms with Crippen molar-refractivity contribution in [3.05, 3.63) is 20.8 Å². The molecule has 1 heterocycles. The molecule has 0 saturated heterocycles. The summed E-state index contributed by atoms with van der Waals surface area (Å²) in [5.74, 6) is 0. The average Bonchev–Trinajstić information content (AvgIpc) is 2.51. The zero-order valence-electron chi connectivity index (χ0n) is 7.68. The SMILES string of the molecule is CCNCCOCc1cc(Br)cs1. The highest BCUT2D eigenvalue weighted by atomic mass is 79.9. The van der Waals surface area contributed by atoms with Gasteiger partial charge in [-0.25, -0.2) is 0 Å². The van der Waals surface area contributed by atoms with Crippen molar-refractivity contribution in [3.8, 4) is 0 Å². The summed E-state index contributed by atoms with van der Waals surface area (Å²) in [4.78, 5) is 1.27. The number of hydrogen-bond acceptors (Lipinski definition) is 3. The van der Waals surface area contributed by atoms with Crippen LogP contribution in [-0.4, -0.2) is 19.7 Å². The van der Waals surface area contributed by atoms with E-state index in [0.29, 0.717) is 0 Å². The first-order valence-corrected chi connectivity index (χ1v) is 6.01. The highest BCUT2D eigenvalue weighted by molar-refractivity contribution is 9.10. The summed E-state index contributed by atoms with van der Waals surface area (Å²) in [5, 5.41) is 5.28. The average molecular weight is 264 g/mol. The van der Waals surface area contributed by atoms with Gasteiger partial charge in [-0.2, -0.15) is 0 Å². The fourth-order valence-electron chi connectivity index (χ4n) is 0.923. The van der Waals surface area contributed by atoms with Crippen LogP contribution in [0.4, 0.5) is 0 Å². The van der Waals surface area contributed by atoms with Crippen molar-refractivity contribution < 1.29 is 4.74 Å². The second-order valence-corrected chi connectivity index (χ2v) is 4.55. The molecule has 2 nitrogen and oxygen atoms in total. The molecule has 0 aromatic carbocycles. The predicted octanol–water partition coefficient (Wildman–Crippen LogP) is 2.64. The molecule has 1 N–H and O–H groups in total. The second-order valence-electron chi connectivity index (χ2n) is 2.64. The minimum atomic E-state index is 0.724. The Hall–Kier alpha value is 0.1000. The van der Waals surface area contributed by atoms with E-state index in [4.69, 9.17) is 4.74 Å². The Morgan fingerprint density at radius 3 is 3.08 bits per heavy atom. The zero-order chi connectivity index (χ0) is 9.52. The molecule has 0 saturated carbocycles. The monoisotopic (exact) mass is 263 g/mol. The molecule has 0 atom stereocenters. The third-order valence-corrected chi connectivity index (χ3v) is 3.21. The lowest BCUT2D eigenvalue weighted by molar-refractivity contribution is 0.125. The molecule has 0 spiro atoms. The van der Waals surface area contributed by atoms with Gasteiger partial charge in [-0.1, -0.05) is 6.92 Å². The summed E-state index contributed by atoms with van der Waals surface area (Å²) in [7, 11) is 0. The number of thiophene rings is 1. The van der Waals surface area contributed by atoms with Gasteiger partial charge < -0.3 is 10.1 Å². The molecular formula is C9H14BrNOS. The smallest absolute Gasteiger partial charge is 0.0810 e. The van der Waals surface area contributed by atoms with Crippen molar-refractivity contribution in [1.29, 1.82) is 0 Å². The van der Waals surface area contributed by atoms with Crippen LogP contribution in [0.2, 0.25) is 0 Å². The lowest BCUT2D eigenvalue weighted by atomic mass is 10.5. The minimum Gasteiger partial charge on any atom is -0.375 e. The van der Waals surface area contributed by atoms with Gasteiger partial charge in [0.15, 0.2) is 0 Å². The molecule has 0 aliphatic carbocycles. The molecule has 1 rings (SSSR count). The van der Waals surface area contributed by atoms with Crippen LogP contribution in [0, 0.1) is 0 Å². The molecule has 0 fully saturated rings. The summed E-state index contributed by atoms with van der Waals surface area (Å²) >= 11 is 5.13. The molecule has 0 bridgehead atoms. The van der Waals surface area contributed by atoms with E-state index in [0.717, 1.165) is 30.8 Å². The molecule has 0 radical (unpaired) electrons. The van der Waals surface area contributed by atoms with Crippen molar-refractivity contribution in [3.63, 3.8) is 0 Å². The molecule has 1 aromatic heterocycles. The van der Waals surface area contributed by atoms with Crippen LogP contribution in [0.15, 0.2) is 15.9 Å². The number of hydrogen-bond donors (Lipinski definition) is 1. The van der Waals surface area contributed by atoms with E-state index < -0.39 is 0 Å². The Bertz CT molecular complexity index is 239. The number of rotatable bonds is 6. The Balaban J connectivity index is 2.06. The summed E-state index contributed by atoms with van der Waals surface area (Å²) in [5.41, 5.74) is 0. The summed E-state index contributed by atoms with van der Waals surface area (Å²) in [6, 6.07) is 2.10. The quantitative estimate of drug-likeness (QED) is 0.797. The number of halogens is 1. The molecule has 4 heteroatoms. The van der Waals surface area contributed by atoms with E-state index in [1.165, 1.54) is 4.88 Å². The van der Waals surface area contributed by atoms with Gasteiger partial charge in [0.1, 0.15) is 0 Å². The molecule has 0 aliphatic rings. The first kappa shape index (κ1) is 11.2. The Morgan fingerprint density at radius 2 is 2.46 bits per heavy atom. The van der Waals surface area contributed by atoms with Gasteiger partial charge in [0.25, 0.3) is 0 Å². The molecule has 13 heavy (non-hydrogen) atoms. The van der Waals surface area contributed by atoms with Crippen molar-refractivity contribution in [2.75, 3.05) is 19.7 Å².